The number of fused-ring (bicyclic) bond motifs is 1. The first kappa shape index (κ1) is 23.1. The first-order valence-corrected chi connectivity index (χ1v) is 14.3. The van der Waals surface area contributed by atoms with Crippen molar-refractivity contribution in [3.8, 4) is 17.0 Å². The molecule has 6 rings (SSSR count). The lowest BCUT2D eigenvalue weighted by molar-refractivity contribution is 0.301. The molecule has 2 aliphatic rings. The average molecular weight is 523 g/mol. The number of para-hydroxylation sites is 1. The quantitative estimate of drug-likeness (QED) is 0.288. The molecular weight excluding hydrogens is 496 g/mol. The maximum atomic E-state index is 12.1. The van der Waals surface area contributed by atoms with Crippen LogP contribution < -0.4 is 15.0 Å². The molecule has 36 heavy (non-hydrogen) atoms. The zero-order chi connectivity index (χ0) is 24.7. The summed E-state index contributed by atoms with van der Waals surface area (Å²) in [5.41, 5.74) is 4.35. The van der Waals surface area contributed by atoms with Gasteiger partial charge in [-0.25, -0.2) is 14.2 Å². The van der Waals surface area contributed by atoms with Gasteiger partial charge in [-0.1, -0.05) is 29.8 Å². The fourth-order valence-electron chi connectivity index (χ4n) is 4.41. The van der Waals surface area contributed by atoms with E-state index in [0.29, 0.717) is 53.8 Å². The molecule has 2 aromatic carbocycles. The van der Waals surface area contributed by atoms with E-state index in [9.17, 15) is 4.21 Å². The average Bonchev–Trinajstić information content (AvgIpc) is 3.61. The second-order valence-electron chi connectivity index (χ2n) is 9.41. The number of aromatic amines is 1. The molecule has 10 heteroatoms. The van der Waals surface area contributed by atoms with E-state index in [2.05, 4.69) is 20.2 Å². The Morgan fingerprint density at radius 1 is 1.19 bits per heavy atom. The molecule has 186 valence electrons. The van der Waals surface area contributed by atoms with Crippen LogP contribution in [0.15, 0.2) is 54.9 Å². The Balaban J connectivity index is 1.30. The predicted molar refractivity (Wildman–Crippen MR) is 145 cm³/mol. The van der Waals surface area contributed by atoms with E-state index < -0.39 is 9.73 Å². The topological polar surface area (TPSA) is 107 Å². The van der Waals surface area contributed by atoms with Gasteiger partial charge in [0.2, 0.25) is 5.95 Å². The number of nitrogens with zero attached hydrogens (tertiary/aromatic N) is 3. The molecule has 3 heterocycles. The minimum atomic E-state index is -2.45. The number of aromatic nitrogens is 3. The van der Waals surface area contributed by atoms with Gasteiger partial charge in [-0.15, -0.1) is 0 Å². The molecule has 3 N–H and O–H groups in total. The van der Waals surface area contributed by atoms with E-state index in [1.807, 2.05) is 48.7 Å². The fourth-order valence-corrected chi connectivity index (χ4v) is 5.84. The summed E-state index contributed by atoms with van der Waals surface area (Å²) in [6.45, 7) is 1.87. The standard InChI is InChI=1S/C26H27ClN6O2S/c27-21-15-30-26(32-25(21)20-14-29-22-4-2-1-3-19(20)22)31-23-8-7-18(13-24(23)35-16-17-5-6-17)33-9-11-36(28,34)12-10-33/h1-4,7-8,13-15,17,28-29H,5-6,9-12,16H2,(H,30,31,32). The molecule has 8 nitrogen and oxygen atoms in total. The largest absolute Gasteiger partial charge is 0.491 e. The summed E-state index contributed by atoms with van der Waals surface area (Å²) in [6.07, 6.45) is 5.91. The van der Waals surface area contributed by atoms with Gasteiger partial charge in [0.15, 0.2) is 0 Å². The van der Waals surface area contributed by atoms with Crippen molar-refractivity contribution in [1.29, 1.82) is 4.78 Å². The molecular formula is C26H27ClN6O2S. The summed E-state index contributed by atoms with van der Waals surface area (Å²) in [4.78, 5) is 14.6. The highest BCUT2D eigenvalue weighted by Crippen LogP contribution is 2.37. The summed E-state index contributed by atoms with van der Waals surface area (Å²) < 4.78 is 26.2. The molecule has 0 bridgehead atoms. The number of rotatable bonds is 7. The minimum Gasteiger partial charge on any atom is -0.491 e. The van der Waals surface area contributed by atoms with E-state index in [1.165, 1.54) is 12.8 Å². The van der Waals surface area contributed by atoms with E-state index in [4.69, 9.17) is 26.1 Å². The van der Waals surface area contributed by atoms with Crippen LogP contribution in [0.3, 0.4) is 0 Å². The Labute approximate surface area is 215 Å². The monoisotopic (exact) mass is 522 g/mol. The maximum absolute atomic E-state index is 12.1. The van der Waals surface area contributed by atoms with Crippen LogP contribution >= 0.6 is 11.6 Å². The van der Waals surface area contributed by atoms with Crippen molar-refractivity contribution in [3.05, 3.63) is 59.9 Å². The number of H-pyrrole nitrogens is 1. The van der Waals surface area contributed by atoms with E-state index in [1.54, 1.807) is 6.20 Å². The molecule has 0 radical (unpaired) electrons. The smallest absolute Gasteiger partial charge is 0.227 e. The SMILES string of the molecule is N=S1(=O)CCN(c2ccc(Nc3ncc(Cl)c(-c4c[nH]c5ccccc45)n3)c(OCC3CC3)c2)CC1. The Bertz CT molecular complexity index is 1520. The van der Waals surface area contributed by atoms with Crippen LogP contribution in [0.5, 0.6) is 5.75 Å². The number of ether oxygens (including phenoxy) is 1. The molecule has 2 aromatic heterocycles. The third-order valence-corrected chi connectivity index (χ3v) is 8.68. The zero-order valence-corrected chi connectivity index (χ0v) is 21.2. The van der Waals surface area contributed by atoms with Gasteiger partial charge in [-0.3, -0.25) is 4.78 Å². The summed E-state index contributed by atoms with van der Waals surface area (Å²) in [5.74, 6) is 2.53. The van der Waals surface area contributed by atoms with Crippen LogP contribution in [-0.2, 0) is 9.73 Å². The van der Waals surface area contributed by atoms with E-state index >= 15 is 0 Å². The summed E-state index contributed by atoms with van der Waals surface area (Å²) in [6, 6.07) is 14.0. The van der Waals surface area contributed by atoms with Gasteiger partial charge in [0, 0.05) is 68.7 Å². The van der Waals surface area contributed by atoms with Crippen molar-refractivity contribution in [1.82, 2.24) is 15.0 Å². The highest BCUT2D eigenvalue weighted by molar-refractivity contribution is 7.92. The van der Waals surface area contributed by atoms with Crippen LogP contribution in [0.2, 0.25) is 5.02 Å². The predicted octanol–water partition coefficient (Wildman–Crippen LogP) is 5.68. The van der Waals surface area contributed by atoms with Gasteiger partial charge in [0.25, 0.3) is 0 Å². The van der Waals surface area contributed by atoms with Crippen LogP contribution in [0.1, 0.15) is 12.8 Å². The van der Waals surface area contributed by atoms with E-state index in [-0.39, 0.29) is 0 Å². The van der Waals surface area contributed by atoms with Crippen molar-refractivity contribution in [2.24, 2.45) is 5.92 Å². The number of benzene rings is 2. The summed E-state index contributed by atoms with van der Waals surface area (Å²) in [5, 5.41) is 4.84. The van der Waals surface area contributed by atoms with Crippen LogP contribution in [0.25, 0.3) is 22.2 Å². The second-order valence-corrected chi connectivity index (χ2v) is 12.3. The minimum absolute atomic E-state index is 0.389. The van der Waals surface area contributed by atoms with Gasteiger partial charge in [0.05, 0.1) is 29.2 Å². The van der Waals surface area contributed by atoms with Crippen molar-refractivity contribution in [2.75, 3.05) is 41.4 Å². The molecule has 1 saturated heterocycles. The molecule has 4 aromatic rings. The first-order chi connectivity index (χ1) is 17.4. The molecule has 0 atom stereocenters. The summed E-state index contributed by atoms with van der Waals surface area (Å²) >= 11 is 6.51. The fraction of sp³-hybridized carbons (Fsp3) is 0.308. The Morgan fingerprint density at radius 2 is 2.00 bits per heavy atom. The molecule has 0 unspecified atom stereocenters. The van der Waals surface area contributed by atoms with Crippen molar-refractivity contribution in [3.63, 3.8) is 0 Å². The number of hydrogen-bond donors (Lipinski definition) is 3. The van der Waals surface area contributed by atoms with Crippen molar-refractivity contribution in [2.45, 2.75) is 12.8 Å². The Kier molecular flexibility index (Phi) is 5.97. The molecule has 0 spiro atoms. The van der Waals surface area contributed by atoms with Gasteiger partial charge >= 0.3 is 0 Å². The highest BCUT2D eigenvalue weighted by atomic mass is 35.5. The van der Waals surface area contributed by atoms with Gasteiger partial charge in [-0.2, -0.15) is 0 Å². The summed E-state index contributed by atoms with van der Waals surface area (Å²) in [7, 11) is -2.45. The van der Waals surface area contributed by atoms with Crippen LogP contribution in [-0.4, -0.2) is 50.4 Å². The Morgan fingerprint density at radius 3 is 2.81 bits per heavy atom. The third kappa shape index (κ3) is 4.85. The van der Waals surface area contributed by atoms with Gasteiger partial charge in [-0.05, 0) is 37.0 Å². The van der Waals surface area contributed by atoms with Crippen molar-refractivity contribution < 1.29 is 8.95 Å². The number of hydrogen-bond acceptors (Lipinski definition) is 7. The number of halogens is 1. The number of nitrogens with one attached hydrogen (secondary N) is 3. The lowest BCUT2D eigenvalue weighted by Crippen LogP contribution is -2.39. The van der Waals surface area contributed by atoms with Gasteiger partial charge in [0.1, 0.15) is 5.75 Å². The molecule has 1 aliphatic heterocycles. The molecule has 1 aliphatic carbocycles. The lowest BCUT2D eigenvalue weighted by atomic mass is 10.1. The second kappa shape index (κ2) is 9.29. The van der Waals surface area contributed by atoms with Gasteiger partial charge < -0.3 is 19.9 Å². The zero-order valence-electron chi connectivity index (χ0n) is 19.7. The van der Waals surface area contributed by atoms with E-state index in [0.717, 1.165) is 33.6 Å². The van der Waals surface area contributed by atoms with Crippen LogP contribution in [0, 0.1) is 10.7 Å². The van der Waals surface area contributed by atoms with Crippen LogP contribution in [0.4, 0.5) is 17.3 Å². The maximum Gasteiger partial charge on any atom is 0.227 e. The molecule has 1 saturated carbocycles. The normalized spacial score (nSPS) is 17.3. The highest BCUT2D eigenvalue weighted by Gasteiger charge is 2.24. The molecule has 0 amide bonds. The first-order valence-electron chi connectivity index (χ1n) is 12.1. The van der Waals surface area contributed by atoms with Crippen molar-refractivity contribution >= 4 is 49.6 Å². The number of anilines is 3. The Hall–Kier alpha value is -3.30. The third-order valence-electron chi connectivity index (χ3n) is 6.72. The lowest BCUT2D eigenvalue weighted by Gasteiger charge is -2.30. The molecule has 2 fully saturated rings.